The first-order valence-corrected chi connectivity index (χ1v) is 47.3. The summed E-state index contributed by atoms with van der Waals surface area (Å²) in [6.07, 6.45) is 1.50. The molecule has 3 aliphatic heterocycles. The highest BCUT2D eigenvalue weighted by atomic mass is 32.2. The van der Waals surface area contributed by atoms with Crippen LogP contribution >= 0.6 is 11.8 Å². The number of aromatic hydroxyl groups is 1. The Hall–Kier alpha value is -14.3. The second-order valence-corrected chi connectivity index (χ2v) is 35.6. The van der Waals surface area contributed by atoms with Crippen molar-refractivity contribution in [1.29, 1.82) is 5.41 Å². The standard InChI is InChI=1S/C91H127N25O22S/c1-6-8-19-61-87(135)114(5)70(24-9-7-2)84(132)110-66(38-75(121)122)83(131)112-69(78(126)101-43-73(93)119)45-139-46-74(120)103-67(33-50-26-28-54(117)29-27-50)88(136)113(4)49(3)77(125)111-68(39-76(123)124)90(138)115-32-16-25-71(115)85(133)109-65(36-53-42-97-48-102-53)82(130)106-62(23-15-31-98-91(94)95)89(137)116-44-55(118)37-72(116)86(134)108-64(35-52-41-100-59-21-13-11-18-57(52)59)80(128)104-60(22-14-30-96-47-92)79(127)107-63(81(129)105-61)34-51-40-99-58-20-12-10-17-56(51)58/h10-13,17-18,20-21,26-29,40-42,48-49,55,60-72,96,99-100,117-118H,6-9,14-16,19,22-25,30-39,43-47,92H2,1-5H3,(H2,93,119)(H,97,102)(H,101,126)(H,103,120)(H,104,128)(H,105,129)(H,106,130)(H,107,127)(H,108,134)(H,109,133)(H,110,132)(H,111,125)(H,112,131)(H,121,122)(H,123,124)(H4,94,95,98)/t49-,55+,60-,61-,62-,63-,64-,65-,66-,67-,68-,69-,70-,71-,72-/m0/s1. The van der Waals surface area contributed by atoms with Gasteiger partial charge in [-0.15, -0.1) is 11.8 Å². The van der Waals surface area contributed by atoms with E-state index in [4.69, 9.17) is 22.6 Å². The van der Waals surface area contributed by atoms with Gasteiger partial charge in [0, 0.05) is 119 Å². The molecular weight excluding hydrogens is 1830 g/mol. The maximum Gasteiger partial charge on any atom is 0.305 e. The Balaban J connectivity index is 1.12. The molecule has 0 aliphatic carbocycles. The number of para-hydroxylation sites is 2. The number of unbranched alkanes of at least 4 members (excludes halogenated alkanes) is 2. The van der Waals surface area contributed by atoms with Crippen molar-refractivity contribution in [1.82, 2.24) is 109 Å². The number of fused-ring (bicyclic) bond motifs is 4. The third-order valence-corrected chi connectivity index (χ3v) is 25.3. The van der Waals surface area contributed by atoms with Crippen LogP contribution in [0, 0.1) is 5.41 Å². The number of phenolic OH excluding ortho intramolecular Hbond substituents is 1. The molecule has 0 spiro atoms. The van der Waals surface area contributed by atoms with E-state index in [-0.39, 0.29) is 128 Å². The highest BCUT2D eigenvalue weighted by molar-refractivity contribution is 8.00. The van der Waals surface area contributed by atoms with E-state index >= 15 is 33.6 Å². The molecule has 139 heavy (non-hydrogen) atoms. The zero-order valence-electron chi connectivity index (χ0n) is 78.0. The Labute approximate surface area is 804 Å². The molecule has 47 nitrogen and oxygen atoms in total. The minimum absolute atomic E-state index is 0.00138. The number of carboxylic acid groups (broad SMARTS) is 2. The first-order chi connectivity index (χ1) is 66.4. The van der Waals surface area contributed by atoms with Crippen LogP contribution in [0.25, 0.3) is 21.8 Å². The number of primary amides is 1. The Kier molecular flexibility index (Phi) is 41.2. The smallest absolute Gasteiger partial charge is 0.305 e. The summed E-state index contributed by atoms with van der Waals surface area (Å²) >= 11 is 0.668. The van der Waals surface area contributed by atoms with E-state index in [2.05, 4.69) is 89.1 Å². The van der Waals surface area contributed by atoms with E-state index in [1.54, 1.807) is 67.8 Å². The van der Waals surface area contributed by atoms with Gasteiger partial charge in [0.25, 0.3) is 0 Å². The normalized spacial score (nSPS) is 24.2. The van der Waals surface area contributed by atoms with Gasteiger partial charge in [-0.25, -0.2) is 4.98 Å². The van der Waals surface area contributed by atoms with Gasteiger partial charge in [-0.2, -0.15) is 0 Å². The van der Waals surface area contributed by atoms with Gasteiger partial charge in [0.2, 0.25) is 94.5 Å². The number of rotatable bonds is 30. The molecule has 48 heteroatoms. The van der Waals surface area contributed by atoms with Crippen LogP contribution in [-0.2, 0) is 112 Å². The molecule has 3 aromatic heterocycles. The first-order valence-electron chi connectivity index (χ1n) is 46.1. The number of hydrogen-bond acceptors (Lipinski definition) is 25. The molecule has 0 unspecified atom stereocenters. The molecule has 3 aromatic carbocycles. The summed E-state index contributed by atoms with van der Waals surface area (Å²) in [6, 6.07) is -3.60. The van der Waals surface area contributed by atoms with E-state index in [1.165, 1.54) is 50.8 Å². The molecule has 0 bridgehead atoms. The van der Waals surface area contributed by atoms with Crippen LogP contribution in [0.3, 0.4) is 0 Å². The molecule has 15 atom stereocenters. The molecule has 0 radical (unpaired) electrons. The number of aliphatic hydroxyl groups excluding tert-OH is 1. The molecule has 16 amide bonds. The van der Waals surface area contributed by atoms with E-state index < -0.39 is 247 Å². The number of imidazole rings is 1. The number of carbonyl (C=O) groups excluding carboxylic acids is 16. The van der Waals surface area contributed by atoms with Crippen molar-refractivity contribution in [3.8, 4) is 5.75 Å². The van der Waals surface area contributed by atoms with Crippen LogP contribution in [0.5, 0.6) is 5.75 Å². The summed E-state index contributed by atoms with van der Waals surface area (Å²) < 4.78 is 0. The number of amides is 16. The van der Waals surface area contributed by atoms with Crippen LogP contribution < -0.4 is 86.3 Å². The molecule has 6 heterocycles. The summed E-state index contributed by atoms with van der Waals surface area (Å²) in [6.45, 7) is 3.42. The van der Waals surface area contributed by atoms with Crippen LogP contribution in [-0.4, -0.2) is 328 Å². The number of benzene rings is 3. The van der Waals surface area contributed by atoms with Crippen molar-refractivity contribution in [2.75, 3.05) is 65.0 Å². The number of aliphatic hydroxyl groups is 1. The van der Waals surface area contributed by atoms with Crippen molar-refractivity contribution in [2.45, 2.75) is 233 Å². The topological polar surface area (TPSA) is 720 Å². The fourth-order valence-corrected chi connectivity index (χ4v) is 17.6. The fraction of sp³-hybridized carbons (Fsp3) is 0.516. The van der Waals surface area contributed by atoms with Gasteiger partial charge in [0.1, 0.15) is 90.3 Å². The van der Waals surface area contributed by atoms with Crippen molar-refractivity contribution < 1.29 is 107 Å². The first kappa shape index (κ1) is 108. The number of nitrogens with zero attached hydrogens (tertiary/aromatic N) is 5. The average molecular weight is 1960 g/mol. The van der Waals surface area contributed by atoms with Crippen LogP contribution in [0.2, 0.25) is 0 Å². The minimum atomic E-state index is -2.03. The Bertz CT molecular complexity index is 5350. The molecule has 27 N–H and O–H groups in total. The lowest BCUT2D eigenvalue weighted by molar-refractivity contribution is -0.147. The van der Waals surface area contributed by atoms with Crippen molar-refractivity contribution in [3.05, 3.63) is 120 Å². The maximum absolute atomic E-state index is 15.6. The molecule has 754 valence electrons. The van der Waals surface area contributed by atoms with E-state index in [1.807, 2.05) is 6.92 Å². The van der Waals surface area contributed by atoms with Crippen LogP contribution in [0.1, 0.15) is 139 Å². The van der Waals surface area contributed by atoms with Crippen molar-refractivity contribution in [3.63, 3.8) is 0 Å². The summed E-state index contributed by atoms with van der Waals surface area (Å²) in [5.41, 5.74) is 19.7. The summed E-state index contributed by atoms with van der Waals surface area (Å²) in [4.78, 5) is 280. The number of hydrogen-bond donors (Lipinski definition) is 24. The average Bonchev–Trinajstić information content (AvgIpc) is 1.67. The molecule has 9 rings (SSSR count). The van der Waals surface area contributed by atoms with Gasteiger partial charge in [0.05, 0.1) is 43.3 Å². The van der Waals surface area contributed by atoms with E-state index in [0.29, 0.717) is 63.1 Å². The number of carboxylic acids is 2. The highest BCUT2D eigenvalue weighted by Crippen LogP contribution is 2.28. The summed E-state index contributed by atoms with van der Waals surface area (Å²) in [5, 5.41) is 85.9. The molecule has 3 aliphatic rings. The molecule has 6 aromatic rings. The lowest BCUT2D eigenvalue weighted by Crippen LogP contribution is -2.61. The number of aliphatic carboxylic acids is 2. The Morgan fingerprint density at radius 1 is 0.532 bits per heavy atom. The Morgan fingerprint density at radius 3 is 1.63 bits per heavy atom. The van der Waals surface area contributed by atoms with Crippen molar-refractivity contribution in [2.24, 2.45) is 17.2 Å². The predicted molar refractivity (Wildman–Crippen MR) is 506 cm³/mol. The van der Waals surface area contributed by atoms with Gasteiger partial charge >= 0.3 is 11.9 Å². The monoisotopic (exact) mass is 1950 g/mol. The number of H-pyrrole nitrogens is 3. The Morgan fingerprint density at radius 2 is 1.04 bits per heavy atom. The van der Waals surface area contributed by atoms with Crippen LogP contribution in [0.15, 0.2) is 97.7 Å². The zero-order valence-corrected chi connectivity index (χ0v) is 78.8. The number of aromatic amines is 3. The number of carbonyl (C=O) groups is 18. The second kappa shape index (κ2) is 52.9. The zero-order chi connectivity index (χ0) is 101. The molecule has 0 saturated carbocycles. The predicted octanol–water partition coefficient (Wildman–Crippen LogP) is -3.95. The SMILES string of the molecule is CCCC[C@@H]1NC(=O)[C@H](Cc2c[nH]c3ccccc23)NC(=O)[C@H](CCCNCN)NC(=O)[C@H](Cc2c[nH]c3ccccc23)NC(=O)[C@@H]2C[C@@H](O)CN2C(=O)[C@H](CCCNC(=N)N)NC(=O)[C@H](Cc2c[nH]cn2)NC(=O)[C@@H]2CCCN2C(=O)[C@H](CC(=O)O)NC(=O)[C@H](C)N(C)C(=O)[C@H](Cc2ccc(O)cc2)NC(=O)CSC[C@@H](C(=O)NCC(N)=O)NC(=O)[C@H](CC(=O)O)NC(=O)[C@H](CCCC)N(C)C1=O. The minimum Gasteiger partial charge on any atom is -0.508 e. The number of nitrogens with two attached hydrogens (primary N) is 3. The molecule has 3 saturated heterocycles. The summed E-state index contributed by atoms with van der Waals surface area (Å²) in [7, 11) is 2.42. The van der Waals surface area contributed by atoms with Gasteiger partial charge in [-0.05, 0) is 106 Å². The van der Waals surface area contributed by atoms with Crippen molar-refractivity contribution >= 4 is 146 Å². The number of thioether (sulfide) groups is 1. The highest BCUT2D eigenvalue weighted by Gasteiger charge is 2.47. The third-order valence-electron chi connectivity index (χ3n) is 24.3. The lowest BCUT2D eigenvalue weighted by atomic mass is 10.0. The quantitative estimate of drug-likeness (QED) is 0.00886. The van der Waals surface area contributed by atoms with Gasteiger partial charge in [0.15, 0.2) is 5.96 Å². The maximum atomic E-state index is 15.6. The van der Waals surface area contributed by atoms with Gasteiger partial charge in [-0.1, -0.05) is 88.1 Å². The third kappa shape index (κ3) is 31.6. The number of phenols is 1. The summed E-state index contributed by atoms with van der Waals surface area (Å²) in [5.74, 6) is -21.3. The fourth-order valence-electron chi connectivity index (χ4n) is 16.7. The van der Waals surface area contributed by atoms with E-state index in [0.717, 1.165) is 26.6 Å². The molecule has 3 fully saturated rings. The number of nitrogens with one attached hydrogen (secondary N) is 17. The molecular formula is C91H127N25O22S. The largest absolute Gasteiger partial charge is 0.508 e. The number of guanidine groups is 1. The second-order valence-electron chi connectivity index (χ2n) is 34.6. The van der Waals surface area contributed by atoms with Crippen LogP contribution in [0.4, 0.5) is 0 Å². The number of aromatic nitrogens is 4. The number of likely N-dealkylation sites (N-methyl/N-ethyl adjacent to an activating group) is 2. The van der Waals surface area contributed by atoms with Gasteiger partial charge < -0.3 is 141 Å². The van der Waals surface area contributed by atoms with E-state index in [9.17, 15) is 73.2 Å². The van der Waals surface area contributed by atoms with Gasteiger partial charge in [-0.3, -0.25) is 91.7 Å². The lowest BCUT2D eigenvalue weighted by Gasteiger charge is -2.33.